The molecule has 0 atom stereocenters. The van der Waals surface area contributed by atoms with E-state index in [0.29, 0.717) is 5.56 Å². The molecule has 0 aliphatic carbocycles. The Balaban J connectivity index is 2.58. The van der Waals surface area contributed by atoms with Crippen molar-refractivity contribution in [1.29, 1.82) is 0 Å². The summed E-state index contributed by atoms with van der Waals surface area (Å²) in [7, 11) is 0. The summed E-state index contributed by atoms with van der Waals surface area (Å²) < 4.78 is 25.5. The van der Waals surface area contributed by atoms with Gasteiger partial charge in [-0.1, -0.05) is 12.1 Å². The van der Waals surface area contributed by atoms with Crippen LogP contribution < -0.4 is 5.56 Å². The Hall–Kier alpha value is -1.97. The number of rotatable bonds is 1. The number of H-pyrrole nitrogens is 1. The Morgan fingerprint density at radius 1 is 1.00 bits per heavy atom. The van der Waals surface area contributed by atoms with Crippen LogP contribution in [0, 0.1) is 11.6 Å². The number of nitrogens with one attached hydrogen (secondary N) is 1. The molecule has 4 heteroatoms. The molecule has 76 valence electrons. The van der Waals surface area contributed by atoms with Gasteiger partial charge in [0.15, 0.2) is 0 Å². The molecule has 0 spiro atoms. The second kappa shape index (κ2) is 3.65. The third-order valence-electron chi connectivity index (χ3n) is 2.02. The summed E-state index contributed by atoms with van der Waals surface area (Å²) in [5, 5.41) is 0. The lowest BCUT2D eigenvalue weighted by molar-refractivity contribution is 0.620. The normalized spacial score (nSPS) is 10.3. The third-order valence-corrected chi connectivity index (χ3v) is 2.02. The summed E-state index contributed by atoms with van der Waals surface area (Å²) in [6.07, 6.45) is 0.982. The van der Waals surface area contributed by atoms with Gasteiger partial charge in [0, 0.05) is 11.8 Å². The molecule has 2 nitrogen and oxygen atoms in total. The minimum atomic E-state index is -0.533. The zero-order chi connectivity index (χ0) is 10.8. The van der Waals surface area contributed by atoms with Crippen LogP contribution in [0.25, 0.3) is 11.1 Å². The number of hydrogen-bond donors (Lipinski definition) is 1. The minimum Gasteiger partial charge on any atom is -0.326 e. The largest absolute Gasteiger partial charge is 0.326 e. The molecule has 0 fully saturated rings. The van der Waals surface area contributed by atoms with Crippen LogP contribution in [0.4, 0.5) is 8.78 Å². The summed E-state index contributed by atoms with van der Waals surface area (Å²) in [5.74, 6) is -0.930. The average molecular weight is 207 g/mol. The van der Waals surface area contributed by atoms with Gasteiger partial charge in [-0.15, -0.1) is 0 Å². The fraction of sp³-hybridized carbons (Fsp3) is 0. The quantitative estimate of drug-likeness (QED) is 0.764. The van der Waals surface area contributed by atoms with Crippen molar-refractivity contribution in [1.82, 2.24) is 4.98 Å². The van der Waals surface area contributed by atoms with Crippen LogP contribution in [0.5, 0.6) is 0 Å². The van der Waals surface area contributed by atoms with Gasteiger partial charge in [-0.2, -0.15) is 0 Å². The van der Waals surface area contributed by atoms with Gasteiger partial charge in [-0.05, 0) is 23.8 Å². The Morgan fingerprint density at radius 2 is 1.67 bits per heavy atom. The van der Waals surface area contributed by atoms with Crippen molar-refractivity contribution < 1.29 is 8.78 Å². The van der Waals surface area contributed by atoms with E-state index in [-0.39, 0.29) is 5.56 Å². The Labute approximate surface area is 84.2 Å². The summed E-state index contributed by atoms with van der Waals surface area (Å²) in [6, 6.07) is 6.42. The molecule has 0 saturated heterocycles. The minimum absolute atomic E-state index is 0.190. The van der Waals surface area contributed by atoms with Crippen LogP contribution in [0.2, 0.25) is 0 Å². The number of hydrogen-bond acceptors (Lipinski definition) is 1. The Kier molecular flexibility index (Phi) is 2.33. The first kappa shape index (κ1) is 9.58. The smallest absolute Gasteiger partial charge is 0.256 e. The molecule has 0 bridgehead atoms. The second-order valence-corrected chi connectivity index (χ2v) is 3.07. The van der Waals surface area contributed by atoms with Crippen molar-refractivity contribution in [3.8, 4) is 11.1 Å². The molecule has 0 aliphatic rings. The monoisotopic (exact) mass is 207 g/mol. The van der Waals surface area contributed by atoms with Gasteiger partial charge in [0.2, 0.25) is 0 Å². The van der Waals surface area contributed by atoms with Gasteiger partial charge in [0.1, 0.15) is 11.6 Å². The van der Waals surface area contributed by atoms with Gasteiger partial charge < -0.3 is 4.98 Å². The number of benzene rings is 1. The molecule has 0 unspecified atom stereocenters. The molecule has 0 radical (unpaired) electrons. The van der Waals surface area contributed by atoms with E-state index in [1.807, 2.05) is 0 Å². The average Bonchev–Trinajstić information content (AvgIpc) is 2.23. The SMILES string of the molecule is O=c1[nH]cc(F)cc1-c1ccc(F)cc1. The molecule has 1 aromatic carbocycles. The van der Waals surface area contributed by atoms with Crippen molar-refractivity contribution in [3.05, 3.63) is 58.5 Å². The maximum atomic E-state index is 12.9. The molecule has 1 aromatic heterocycles. The lowest BCUT2D eigenvalue weighted by Gasteiger charge is -1.99. The highest BCUT2D eigenvalue weighted by atomic mass is 19.1. The van der Waals surface area contributed by atoms with Crippen molar-refractivity contribution in [2.45, 2.75) is 0 Å². The lowest BCUT2D eigenvalue weighted by Crippen LogP contribution is -2.08. The first-order chi connectivity index (χ1) is 7.16. The predicted octanol–water partition coefficient (Wildman–Crippen LogP) is 2.32. The topological polar surface area (TPSA) is 32.9 Å². The van der Waals surface area contributed by atoms with E-state index in [2.05, 4.69) is 4.98 Å². The maximum absolute atomic E-state index is 12.9. The van der Waals surface area contributed by atoms with E-state index in [4.69, 9.17) is 0 Å². The van der Waals surface area contributed by atoms with Gasteiger partial charge in [-0.3, -0.25) is 4.79 Å². The van der Waals surface area contributed by atoms with E-state index in [1.165, 1.54) is 24.3 Å². The summed E-state index contributed by atoms with van der Waals surface area (Å²) in [6.45, 7) is 0. The summed E-state index contributed by atoms with van der Waals surface area (Å²) in [5.41, 5.74) is 0.273. The van der Waals surface area contributed by atoms with E-state index in [9.17, 15) is 13.6 Å². The van der Waals surface area contributed by atoms with E-state index >= 15 is 0 Å². The van der Waals surface area contributed by atoms with Crippen LogP contribution in [0.3, 0.4) is 0 Å². The highest BCUT2D eigenvalue weighted by Crippen LogP contribution is 2.15. The molecular formula is C11H7F2NO. The number of aromatic amines is 1. The fourth-order valence-electron chi connectivity index (χ4n) is 1.30. The second-order valence-electron chi connectivity index (χ2n) is 3.07. The lowest BCUT2D eigenvalue weighted by atomic mass is 10.1. The molecule has 15 heavy (non-hydrogen) atoms. The van der Waals surface area contributed by atoms with E-state index in [1.54, 1.807) is 0 Å². The number of pyridine rings is 1. The van der Waals surface area contributed by atoms with Crippen molar-refractivity contribution in [2.75, 3.05) is 0 Å². The predicted molar refractivity (Wildman–Crippen MR) is 52.4 cm³/mol. The van der Waals surface area contributed by atoms with Gasteiger partial charge >= 0.3 is 0 Å². The first-order valence-corrected chi connectivity index (χ1v) is 4.31. The van der Waals surface area contributed by atoms with Crippen LogP contribution in [0.15, 0.2) is 41.3 Å². The highest BCUT2D eigenvalue weighted by Gasteiger charge is 2.04. The first-order valence-electron chi connectivity index (χ1n) is 4.31. The Bertz CT molecular complexity index is 531. The van der Waals surface area contributed by atoms with Crippen LogP contribution in [0.1, 0.15) is 0 Å². The zero-order valence-electron chi connectivity index (χ0n) is 7.63. The molecule has 2 aromatic rings. The van der Waals surface area contributed by atoms with Crippen molar-refractivity contribution in [2.24, 2.45) is 0 Å². The van der Waals surface area contributed by atoms with Crippen molar-refractivity contribution in [3.63, 3.8) is 0 Å². The zero-order valence-corrected chi connectivity index (χ0v) is 7.63. The van der Waals surface area contributed by atoms with Gasteiger partial charge in [-0.25, -0.2) is 8.78 Å². The molecule has 0 aliphatic heterocycles. The number of aromatic nitrogens is 1. The summed E-state index contributed by atoms with van der Waals surface area (Å²) in [4.78, 5) is 13.6. The van der Waals surface area contributed by atoms with Gasteiger partial charge in [0.25, 0.3) is 5.56 Å². The van der Waals surface area contributed by atoms with E-state index in [0.717, 1.165) is 12.3 Å². The molecule has 2 rings (SSSR count). The third kappa shape index (κ3) is 1.93. The fourth-order valence-corrected chi connectivity index (χ4v) is 1.30. The molecule has 0 saturated carbocycles. The maximum Gasteiger partial charge on any atom is 0.256 e. The molecule has 1 heterocycles. The number of halogens is 2. The molecule has 0 amide bonds. The highest BCUT2D eigenvalue weighted by molar-refractivity contribution is 5.61. The van der Waals surface area contributed by atoms with Crippen LogP contribution >= 0.6 is 0 Å². The summed E-state index contributed by atoms with van der Waals surface area (Å²) >= 11 is 0. The molecular weight excluding hydrogens is 200 g/mol. The standard InChI is InChI=1S/C11H7F2NO/c12-8-3-1-7(2-4-8)10-5-9(13)6-14-11(10)15/h1-6H,(H,14,15). The van der Waals surface area contributed by atoms with E-state index < -0.39 is 17.2 Å². The molecule has 1 N–H and O–H groups in total. The van der Waals surface area contributed by atoms with Crippen LogP contribution in [-0.2, 0) is 0 Å². The Morgan fingerprint density at radius 3 is 2.33 bits per heavy atom. The van der Waals surface area contributed by atoms with Crippen LogP contribution in [-0.4, -0.2) is 4.98 Å². The van der Waals surface area contributed by atoms with Crippen molar-refractivity contribution >= 4 is 0 Å². The van der Waals surface area contributed by atoms with Gasteiger partial charge in [0.05, 0.1) is 0 Å².